The Labute approximate surface area is 90.5 Å². The molecular weight excluding hydrogens is 238 g/mol. The van der Waals surface area contributed by atoms with Crippen molar-refractivity contribution in [3.8, 4) is 0 Å². The van der Waals surface area contributed by atoms with E-state index in [1.54, 1.807) is 0 Å². The fraction of sp³-hybridized carbons (Fsp3) is 0.250. The first-order valence-corrected chi connectivity index (χ1v) is 3.89. The lowest BCUT2D eigenvalue weighted by molar-refractivity contribution is 0.116. The lowest BCUT2D eigenvalue weighted by Crippen LogP contribution is -2.18. The fourth-order valence-electron chi connectivity index (χ4n) is 0.865. The van der Waals surface area contributed by atoms with E-state index in [0.29, 0.717) is 0 Å². The summed E-state index contributed by atoms with van der Waals surface area (Å²) in [5.41, 5.74) is 5.25. The van der Waals surface area contributed by atoms with E-state index in [4.69, 9.17) is 17.3 Å². The summed E-state index contributed by atoms with van der Waals surface area (Å²) in [7, 11) is 0. The molecule has 0 radical (unpaired) electrons. The maximum absolute atomic E-state index is 12.6. The fourth-order valence-corrected chi connectivity index (χ4v) is 1.05. The number of nitrogens with two attached hydrogens (primary N) is 1. The van der Waals surface area contributed by atoms with Gasteiger partial charge in [0, 0.05) is 0 Å². The molecule has 0 aliphatic heterocycles. The van der Waals surface area contributed by atoms with Gasteiger partial charge in [-0.2, -0.15) is 0 Å². The van der Waals surface area contributed by atoms with Crippen molar-refractivity contribution >= 4 is 24.0 Å². The molecule has 0 saturated heterocycles. The minimum atomic E-state index is -2.68. The highest BCUT2D eigenvalue weighted by Gasteiger charge is 2.18. The molecule has 6 heteroatoms. The molecule has 0 bridgehead atoms. The minimum Gasteiger partial charge on any atom is -0.319 e. The van der Waals surface area contributed by atoms with Gasteiger partial charge >= 0.3 is 0 Å². The van der Waals surface area contributed by atoms with E-state index in [0.717, 1.165) is 12.1 Å². The van der Waals surface area contributed by atoms with E-state index in [1.165, 1.54) is 6.07 Å². The number of halogens is 5. The van der Waals surface area contributed by atoms with Crippen molar-refractivity contribution in [3.63, 3.8) is 0 Å². The monoisotopic (exact) mass is 245 g/mol. The van der Waals surface area contributed by atoms with Gasteiger partial charge in [0.2, 0.25) is 0 Å². The van der Waals surface area contributed by atoms with Gasteiger partial charge in [-0.25, -0.2) is 13.2 Å². The van der Waals surface area contributed by atoms with Gasteiger partial charge in [-0.1, -0.05) is 17.7 Å². The normalized spacial score (nSPS) is 12.4. The Morgan fingerprint density at radius 3 is 2.29 bits per heavy atom. The van der Waals surface area contributed by atoms with E-state index in [9.17, 15) is 13.2 Å². The standard InChI is InChI=1S/C8H7ClF3N.ClH/c9-5-3-4(1-2-6(5)10)7(13)8(11)12;/h1-3,7-8H,13H2;1H/t7-;/m1./s1. The second-order valence-electron chi connectivity index (χ2n) is 2.53. The molecule has 1 rings (SSSR count). The van der Waals surface area contributed by atoms with Crippen LogP contribution in [0.2, 0.25) is 5.02 Å². The van der Waals surface area contributed by atoms with Crippen LogP contribution in [0.3, 0.4) is 0 Å². The molecule has 0 saturated carbocycles. The molecule has 1 atom stereocenters. The molecule has 0 spiro atoms. The van der Waals surface area contributed by atoms with Crippen molar-refractivity contribution in [3.05, 3.63) is 34.6 Å². The van der Waals surface area contributed by atoms with Crippen molar-refractivity contribution in [1.82, 2.24) is 0 Å². The molecule has 14 heavy (non-hydrogen) atoms. The molecule has 2 N–H and O–H groups in total. The highest BCUT2D eigenvalue weighted by Crippen LogP contribution is 2.22. The summed E-state index contributed by atoms with van der Waals surface area (Å²) >= 11 is 5.39. The topological polar surface area (TPSA) is 26.0 Å². The van der Waals surface area contributed by atoms with Gasteiger partial charge in [0.05, 0.1) is 11.1 Å². The zero-order valence-corrected chi connectivity index (χ0v) is 8.46. The van der Waals surface area contributed by atoms with Crippen LogP contribution < -0.4 is 5.73 Å². The van der Waals surface area contributed by atoms with Crippen LogP contribution >= 0.6 is 24.0 Å². The van der Waals surface area contributed by atoms with Crippen LogP contribution in [0.1, 0.15) is 11.6 Å². The number of hydrogen-bond donors (Lipinski definition) is 1. The van der Waals surface area contributed by atoms with Gasteiger partial charge in [-0.15, -0.1) is 12.4 Å². The summed E-state index contributed by atoms with van der Waals surface area (Å²) in [6.45, 7) is 0. The third-order valence-corrected chi connectivity index (χ3v) is 1.89. The van der Waals surface area contributed by atoms with Crippen molar-refractivity contribution in [1.29, 1.82) is 0 Å². The molecule has 0 fully saturated rings. The molecule has 0 unspecified atom stereocenters. The second kappa shape index (κ2) is 5.44. The third-order valence-electron chi connectivity index (χ3n) is 1.60. The molecule has 0 amide bonds. The maximum Gasteiger partial charge on any atom is 0.257 e. The van der Waals surface area contributed by atoms with Crippen LogP contribution in [-0.2, 0) is 0 Å². The molecule has 0 aliphatic rings. The zero-order chi connectivity index (χ0) is 10.0. The Morgan fingerprint density at radius 2 is 1.86 bits per heavy atom. The van der Waals surface area contributed by atoms with Gasteiger partial charge in [0.1, 0.15) is 5.82 Å². The van der Waals surface area contributed by atoms with Gasteiger partial charge in [-0.3, -0.25) is 0 Å². The van der Waals surface area contributed by atoms with Crippen molar-refractivity contribution in [2.45, 2.75) is 12.5 Å². The first kappa shape index (κ1) is 13.5. The van der Waals surface area contributed by atoms with Gasteiger partial charge in [0.25, 0.3) is 6.43 Å². The Kier molecular flexibility index (Phi) is 5.26. The summed E-state index contributed by atoms with van der Waals surface area (Å²) in [5.74, 6) is -0.646. The molecule has 80 valence electrons. The van der Waals surface area contributed by atoms with Crippen LogP contribution in [0.15, 0.2) is 18.2 Å². The van der Waals surface area contributed by atoms with Gasteiger partial charge < -0.3 is 5.73 Å². The number of alkyl halides is 2. The number of hydrogen-bond acceptors (Lipinski definition) is 1. The summed E-state index contributed by atoms with van der Waals surface area (Å²) in [6, 6.07) is 1.89. The lowest BCUT2D eigenvalue weighted by atomic mass is 10.1. The third kappa shape index (κ3) is 3.04. The van der Waals surface area contributed by atoms with E-state index in [-0.39, 0.29) is 23.0 Å². The van der Waals surface area contributed by atoms with Gasteiger partial charge in [0.15, 0.2) is 0 Å². The van der Waals surface area contributed by atoms with Crippen LogP contribution in [0.25, 0.3) is 0 Å². The van der Waals surface area contributed by atoms with Crippen LogP contribution in [-0.4, -0.2) is 6.43 Å². The zero-order valence-electron chi connectivity index (χ0n) is 6.88. The summed E-state index contributed by atoms with van der Waals surface area (Å²) in [5, 5.41) is -0.200. The molecule has 0 aliphatic carbocycles. The van der Waals surface area contributed by atoms with E-state index in [2.05, 4.69) is 0 Å². The molecule has 0 aromatic heterocycles. The summed E-state index contributed by atoms with van der Waals surface area (Å²) in [6.07, 6.45) is -2.68. The predicted octanol–water partition coefficient (Wildman–Crippen LogP) is 3.17. The largest absolute Gasteiger partial charge is 0.319 e. The maximum atomic E-state index is 12.6. The lowest BCUT2D eigenvalue weighted by Gasteiger charge is -2.10. The van der Waals surface area contributed by atoms with Gasteiger partial charge in [-0.05, 0) is 17.7 Å². The smallest absolute Gasteiger partial charge is 0.257 e. The average Bonchev–Trinajstić information content (AvgIpc) is 2.08. The van der Waals surface area contributed by atoms with E-state index < -0.39 is 18.3 Å². The quantitative estimate of drug-likeness (QED) is 0.852. The molecule has 0 heterocycles. The van der Waals surface area contributed by atoms with E-state index >= 15 is 0 Å². The predicted molar refractivity (Wildman–Crippen MR) is 51.6 cm³/mol. The molecule has 1 nitrogen and oxygen atoms in total. The Bertz CT molecular complexity index is 307. The Morgan fingerprint density at radius 1 is 1.29 bits per heavy atom. The average molecular weight is 246 g/mol. The van der Waals surface area contributed by atoms with Crippen molar-refractivity contribution in [2.75, 3.05) is 0 Å². The number of rotatable bonds is 2. The van der Waals surface area contributed by atoms with E-state index in [1.807, 2.05) is 0 Å². The second-order valence-corrected chi connectivity index (χ2v) is 2.94. The summed E-state index contributed by atoms with van der Waals surface area (Å²) in [4.78, 5) is 0. The highest BCUT2D eigenvalue weighted by atomic mass is 35.5. The summed E-state index contributed by atoms with van der Waals surface area (Å²) < 4.78 is 36.8. The van der Waals surface area contributed by atoms with Crippen molar-refractivity contribution in [2.24, 2.45) is 5.73 Å². The molecule has 1 aromatic rings. The highest BCUT2D eigenvalue weighted by molar-refractivity contribution is 6.30. The Hall–Kier alpha value is -0.450. The molecule has 1 aromatic carbocycles. The first-order chi connectivity index (χ1) is 6.02. The SMILES string of the molecule is Cl.N[C@H](c1ccc(F)c(Cl)c1)C(F)F. The Balaban J connectivity index is 0.00000169. The first-order valence-electron chi connectivity index (χ1n) is 3.51. The van der Waals surface area contributed by atoms with Crippen LogP contribution in [0, 0.1) is 5.82 Å². The van der Waals surface area contributed by atoms with Crippen LogP contribution in [0.5, 0.6) is 0 Å². The minimum absolute atomic E-state index is 0. The number of benzene rings is 1. The van der Waals surface area contributed by atoms with Crippen LogP contribution in [0.4, 0.5) is 13.2 Å². The van der Waals surface area contributed by atoms with Crippen molar-refractivity contribution < 1.29 is 13.2 Å². The molecular formula is C8H8Cl2F3N.